The Bertz CT molecular complexity index is 2320. The Morgan fingerprint density at radius 3 is 2.12 bits per heavy atom. The molecule has 1 aliphatic rings. The SMILES string of the molecule is CC(=O)C[C@H](C)C(=O)N[C@@H](CC(N)=O)C(=O)N[C@@H](CCN(C(=O)CO)[C@@H](c1cc(-c2cc(F)ccc2F)cn1Cc1ccccc1)C(C)(C)C)C(=O)NCCCC(=O)CN1C(=O)C=CC1=O. The second-order valence-electron chi connectivity index (χ2n) is 17.3. The Balaban J connectivity index is 1.69. The van der Waals surface area contributed by atoms with Gasteiger partial charge in [0.15, 0.2) is 5.78 Å². The average molecular weight is 918 g/mol. The summed E-state index contributed by atoms with van der Waals surface area (Å²) in [5.74, 6) is -8.61. The zero-order chi connectivity index (χ0) is 48.9. The number of aromatic nitrogens is 1. The number of aliphatic hydroxyl groups is 1. The van der Waals surface area contributed by atoms with E-state index in [0.717, 1.165) is 40.8 Å². The highest BCUT2D eigenvalue weighted by molar-refractivity contribution is 6.14. The van der Waals surface area contributed by atoms with Crippen LogP contribution in [0.25, 0.3) is 11.1 Å². The standard InChI is InChI=1S/C47H57F2N7O10/c1-28(20-29(2)58)44(64)53-37(23-39(50)60)46(66)52-36(45(65)51-18-9-12-33(59)26-56-40(61)15-16-41(56)62)17-19-55(42(63)27-57)43(47(3,4)5)38-21-31(34-22-32(48)13-14-35(34)49)25-54(38)24-30-10-7-6-8-11-30/h6-8,10-11,13-16,21-22,25,28,36-37,43,57H,9,12,17-20,23-24,26-27H2,1-5H3,(H2,50,60)(H,51,65)(H,52,66)(H,53,64)/t28-,36-,37-,43-/m0/s1. The Labute approximate surface area is 381 Å². The maximum atomic E-state index is 15.3. The third-order valence-corrected chi connectivity index (χ3v) is 10.8. The van der Waals surface area contributed by atoms with Crippen molar-refractivity contribution in [3.05, 3.63) is 95.8 Å². The summed E-state index contributed by atoms with van der Waals surface area (Å²) in [7, 11) is 0. The monoisotopic (exact) mass is 917 g/mol. The van der Waals surface area contributed by atoms with Gasteiger partial charge in [0, 0.05) is 73.6 Å². The predicted octanol–water partition coefficient (Wildman–Crippen LogP) is 2.63. The average Bonchev–Trinajstić information content (AvgIpc) is 3.80. The predicted molar refractivity (Wildman–Crippen MR) is 236 cm³/mol. The van der Waals surface area contributed by atoms with Gasteiger partial charge in [-0.1, -0.05) is 58.0 Å². The van der Waals surface area contributed by atoms with Crippen molar-refractivity contribution in [2.75, 3.05) is 26.2 Å². The van der Waals surface area contributed by atoms with Crippen molar-refractivity contribution in [2.24, 2.45) is 17.1 Å². The lowest BCUT2D eigenvalue weighted by Gasteiger charge is -2.41. The summed E-state index contributed by atoms with van der Waals surface area (Å²) in [5, 5.41) is 18.0. The lowest BCUT2D eigenvalue weighted by Crippen LogP contribution is -2.56. The maximum Gasteiger partial charge on any atom is 0.254 e. The summed E-state index contributed by atoms with van der Waals surface area (Å²) in [6, 6.07) is 9.86. The molecule has 6 N–H and O–H groups in total. The number of carbonyl (C=O) groups excluding carboxylic acids is 9. The number of carbonyl (C=O) groups is 9. The number of primary amides is 1. The van der Waals surface area contributed by atoms with E-state index in [1.54, 1.807) is 16.8 Å². The van der Waals surface area contributed by atoms with Crippen LogP contribution >= 0.6 is 0 Å². The number of rotatable bonds is 24. The summed E-state index contributed by atoms with van der Waals surface area (Å²) >= 11 is 0. The minimum absolute atomic E-state index is 0.0415. The molecule has 0 spiro atoms. The second kappa shape index (κ2) is 23.3. The summed E-state index contributed by atoms with van der Waals surface area (Å²) in [4.78, 5) is 117. The van der Waals surface area contributed by atoms with Crippen LogP contribution < -0.4 is 21.7 Å². The van der Waals surface area contributed by atoms with Crippen molar-refractivity contribution in [2.45, 2.75) is 91.4 Å². The Morgan fingerprint density at radius 1 is 0.864 bits per heavy atom. The Morgan fingerprint density at radius 2 is 1.52 bits per heavy atom. The van der Waals surface area contributed by atoms with Crippen LogP contribution in [0.5, 0.6) is 0 Å². The minimum Gasteiger partial charge on any atom is -0.387 e. The molecule has 0 fully saturated rings. The second-order valence-corrected chi connectivity index (χ2v) is 17.3. The first-order chi connectivity index (χ1) is 31.1. The van der Waals surface area contributed by atoms with Gasteiger partial charge >= 0.3 is 0 Å². The fraction of sp³-hybridized carbons (Fsp3) is 0.426. The van der Waals surface area contributed by atoms with E-state index in [9.17, 15) is 52.6 Å². The highest BCUT2D eigenvalue weighted by Gasteiger charge is 2.38. The number of hydrogen-bond donors (Lipinski definition) is 5. The number of Topliss-reactive ketones (excluding diaryl/α,β-unsaturated/α-hetero) is 2. The molecule has 3 aromatic rings. The van der Waals surface area contributed by atoms with E-state index in [2.05, 4.69) is 16.0 Å². The third-order valence-electron chi connectivity index (χ3n) is 10.8. The minimum atomic E-state index is -1.59. The number of imide groups is 1. The van der Waals surface area contributed by atoms with Crippen LogP contribution in [0.1, 0.15) is 84.0 Å². The number of nitrogens with zero attached hydrogens (tertiary/aromatic N) is 3. The summed E-state index contributed by atoms with van der Waals surface area (Å²) in [5.41, 5.74) is 6.12. The van der Waals surface area contributed by atoms with Gasteiger partial charge in [0.2, 0.25) is 29.5 Å². The fourth-order valence-corrected chi connectivity index (χ4v) is 7.62. The normalized spacial score (nSPS) is 14.3. The summed E-state index contributed by atoms with van der Waals surface area (Å²) in [6.07, 6.45) is 2.45. The molecule has 0 aliphatic carbocycles. The quantitative estimate of drug-likeness (QED) is 0.0650. The van der Waals surface area contributed by atoms with E-state index >= 15 is 4.39 Å². The molecule has 19 heteroatoms. The summed E-state index contributed by atoms with van der Waals surface area (Å²) in [6.45, 7) is 6.53. The smallest absolute Gasteiger partial charge is 0.254 e. The molecule has 4 atom stereocenters. The molecule has 4 rings (SSSR count). The van der Waals surface area contributed by atoms with Crippen LogP contribution in [-0.2, 0) is 49.7 Å². The molecule has 354 valence electrons. The molecular weight excluding hydrogens is 861 g/mol. The van der Waals surface area contributed by atoms with Gasteiger partial charge in [0.1, 0.15) is 36.1 Å². The van der Waals surface area contributed by atoms with Gasteiger partial charge in [-0.2, -0.15) is 0 Å². The number of amides is 7. The zero-order valence-corrected chi connectivity index (χ0v) is 37.6. The van der Waals surface area contributed by atoms with E-state index < -0.39 is 108 Å². The van der Waals surface area contributed by atoms with Gasteiger partial charge in [-0.25, -0.2) is 8.78 Å². The fourth-order valence-electron chi connectivity index (χ4n) is 7.62. The van der Waals surface area contributed by atoms with Crippen LogP contribution in [0.15, 0.2) is 72.9 Å². The molecule has 0 saturated carbocycles. The van der Waals surface area contributed by atoms with Crippen molar-refractivity contribution >= 4 is 52.9 Å². The van der Waals surface area contributed by atoms with Gasteiger partial charge in [-0.3, -0.25) is 43.3 Å². The first kappa shape index (κ1) is 51.7. The van der Waals surface area contributed by atoms with Crippen LogP contribution in [0.4, 0.5) is 8.78 Å². The van der Waals surface area contributed by atoms with Crippen LogP contribution in [0.3, 0.4) is 0 Å². The maximum absolute atomic E-state index is 15.3. The number of benzene rings is 2. The number of ketones is 2. The molecule has 7 amide bonds. The number of nitrogens with two attached hydrogens (primary N) is 1. The van der Waals surface area contributed by atoms with Crippen LogP contribution in [0.2, 0.25) is 0 Å². The number of hydrogen-bond acceptors (Lipinski definition) is 10. The van der Waals surface area contributed by atoms with Crippen LogP contribution in [-0.4, -0.2) is 111 Å². The molecule has 66 heavy (non-hydrogen) atoms. The molecule has 2 heterocycles. The van der Waals surface area contributed by atoms with Crippen molar-refractivity contribution in [3.63, 3.8) is 0 Å². The molecule has 0 bridgehead atoms. The molecular formula is C47H57F2N7O10. The summed E-state index contributed by atoms with van der Waals surface area (Å²) < 4.78 is 31.6. The van der Waals surface area contributed by atoms with E-state index in [-0.39, 0.29) is 56.7 Å². The van der Waals surface area contributed by atoms with Gasteiger partial charge in [-0.05, 0) is 55.0 Å². The molecule has 17 nitrogen and oxygen atoms in total. The molecule has 0 saturated heterocycles. The van der Waals surface area contributed by atoms with Crippen molar-refractivity contribution in [1.82, 2.24) is 30.3 Å². The van der Waals surface area contributed by atoms with Crippen molar-refractivity contribution in [1.29, 1.82) is 0 Å². The number of nitrogens with one attached hydrogen (secondary N) is 3. The number of halogens is 2. The molecule has 0 radical (unpaired) electrons. The highest BCUT2D eigenvalue weighted by Crippen LogP contribution is 2.41. The Hall–Kier alpha value is -6.89. The van der Waals surface area contributed by atoms with Crippen molar-refractivity contribution in [3.8, 4) is 11.1 Å². The molecule has 0 unspecified atom stereocenters. The van der Waals surface area contributed by atoms with Gasteiger partial charge < -0.3 is 41.1 Å². The van der Waals surface area contributed by atoms with E-state index in [4.69, 9.17) is 5.73 Å². The number of aliphatic hydroxyl groups excluding tert-OH is 1. The zero-order valence-electron chi connectivity index (χ0n) is 37.6. The molecule has 1 aliphatic heterocycles. The van der Waals surface area contributed by atoms with Gasteiger partial charge in [0.25, 0.3) is 11.8 Å². The third kappa shape index (κ3) is 14.6. The van der Waals surface area contributed by atoms with Gasteiger partial charge in [-0.15, -0.1) is 0 Å². The topological polar surface area (TPSA) is 247 Å². The van der Waals surface area contributed by atoms with Gasteiger partial charge in [0.05, 0.1) is 19.0 Å². The van der Waals surface area contributed by atoms with Crippen LogP contribution in [0, 0.1) is 23.0 Å². The lowest BCUT2D eigenvalue weighted by atomic mass is 9.82. The van der Waals surface area contributed by atoms with E-state index in [1.165, 1.54) is 18.7 Å². The lowest BCUT2D eigenvalue weighted by molar-refractivity contribution is -0.141. The van der Waals surface area contributed by atoms with E-state index in [0.29, 0.717) is 11.3 Å². The molecule has 1 aromatic heterocycles. The molecule has 2 aromatic carbocycles. The largest absolute Gasteiger partial charge is 0.387 e. The van der Waals surface area contributed by atoms with E-state index in [1.807, 2.05) is 51.1 Å². The first-order valence-corrected chi connectivity index (χ1v) is 21.4. The first-order valence-electron chi connectivity index (χ1n) is 21.4. The highest BCUT2D eigenvalue weighted by atomic mass is 19.1. The van der Waals surface area contributed by atoms with Crippen molar-refractivity contribution < 1.29 is 57.0 Å². The Kier molecular flexibility index (Phi) is 18.3.